The van der Waals surface area contributed by atoms with Crippen molar-refractivity contribution in [2.75, 3.05) is 0 Å². The predicted molar refractivity (Wildman–Crippen MR) is 115 cm³/mol. The zero-order valence-electron chi connectivity index (χ0n) is 14.9. The van der Waals surface area contributed by atoms with Gasteiger partial charge >= 0.3 is 0 Å². The molecule has 1 heterocycles. The average Bonchev–Trinajstić information content (AvgIpc) is 2.98. The maximum absolute atomic E-state index is 6.22. The Morgan fingerprint density at radius 2 is 1.89 bits per heavy atom. The first-order valence-electron chi connectivity index (χ1n) is 8.70. The largest absolute Gasteiger partial charge is 0.386 e. The quantitative estimate of drug-likeness (QED) is 0.297. The van der Waals surface area contributed by atoms with Crippen molar-refractivity contribution in [3.05, 3.63) is 83.0 Å². The maximum atomic E-state index is 6.22. The van der Waals surface area contributed by atoms with Gasteiger partial charge in [-0.2, -0.15) is 5.10 Å². The molecule has 2 N–H and O–H groups in total. The summed E-state index contributed by atoms with van der Waals surface area (Å²) in [6.45, 7) is 2.46. The molecule has 4 aromatic rings. The van der Waals surface area contributed by atoms with E-state index in [9.17, 15) is 0 Å². The Bertz CT molecular complexity index is 1180. The second kappa shape index (κ2) is 7.25. The van der Waals surface area contributed by atoms with E-state index in [0.29, 0.717) is 10.9 Å². The maximum Gasteiger partial charge on any atom is 0.119 e. The number of aromatic nitrogens is 1. The van der Waals surface area contributed by atoms with Gasteiger partial charge in [0, 0.05) is 34.2 Å². The van der Waals surface area contributed by atoms with Crippen molar-refractivity contribution >= 4 is 45.3 Å². The Morgan fingerprint density at radius 1 is 1.07 bits per heavy atom. The standard InChI is InChI=1S/C22H19ClN4/c1-15(24)26-25-12-18-14-27(22-10-9-19(23)11-21(18)22)13-17-7-4-6-16-5-2-3-8-20(16)17/h2-12,14H,13H2,1H3,(H2,24,26)/b25-12+. The fourth-order valence-corrected chi connectivity index (χ4v) is 3.50. The van der Waals surface area contributed by atoms with Crippen LogP contribution in [0.15, 0.2) is 77.1 Å². The Morgan fingerprint density at radius 3 is 2.74 bits per heavy atom. The van der Waals surface area contributed by atoms with Crippen molar-refractivity contribution in [1.82, 2.24) is 4.57 Å². The number of nitrogens with two attached hydrogens (primary N) is 1. The summed E-state index contributed by atoms with van der Waals surface area (Å²) in [5, 5.41) is 12.2. The van der Waals surface area contributed by atoms with Gasteiger partial charge in [-0.05, 0) is 41.5 Å². The normalized spacial score (nSPS) is 12.4. The summed E-state index contributed by atoms with van der Waals surface area (Å²) >= 11 is 6.22. The lowest BCUT2D eigenvalue weighted by Gasteiger charge is -2.09. The minimum absolute atomic E-state index is 0.420. The lowest BCUT2D eigenvalue weighted by atomic mass is 10.0. The second-order valence-corrected chi connectivity index (χ2v) is 6.93. The molecular formula is C22H19ClN4. The fourth-order valence-electron chi connectivity index (χ4n) is 3.33. The highest BCUT2D eigenvalue weighted by Gasteiger charge is 2.10. The predicted octanol–water partition coefficient (Wildman–Crippen LogP) is 5.21. The Labute approximate surface area is 162 Å². The molecule has 4 rings (SSSR count). The van der Waals surface area contributed by atoms with Crippen molar-refractivity contribution in [2.45, 2.75) is 13.5 Å². The molecule has 0 saturated heterocycles. The zero-order chi connectivity index (χ0) is 18.8. The van der Waals surface area contributed by atoms with Crippen LogP contribution in [0.3, 0.4) is 0 Å². The third-order valence-electron chi connectivity index (χ3n) is 4.51. The summed E-state index contributed by atoms with van der Waals surface area (Å²) in [7, 11) is 0. The molecule has 0 aliphatic rings. The van der Waals surface area contributed by atoms with Gasteiger partial charge in [0.15, 0.2) is 0 Å². The third-order valence-corrected chi connectivity index (χ3v) is 4.74. The van der Waals surface area contributed by atoms with Gasteiger partial charge in [-0.15, -0.1) is 5.10 Å². The van der Waals surface area contributed by atoms with Crippen LogP contribution in [0, 0.1) is 0 Å². The van der Waals surface area contributed by atoms with Crippen molar-refractivity contribution in [3.8, 4) is 0 Å². The van der Waals surface area contributed by atoms with Gasteiger partial charge in [-0.3, -0.25) is 0 Å². The average molecular weight is 375 g/mol. The molecule has 0 spiro atoms. The molecule has 5 heteroatoms. The highest BCUT2D eigenvalue weighted by molar-refractivity contribution is 6.31. The topological polar surface area (TPSA) is 55.7 Å². The van der Waals surface area contributed by atoms with E-state index in [1.165, 1.54) is 16.3 Å². The molecule has 0 aliphatic heterocycles. The van der Waals surface area contributed by atoms with Gasteiger partial charge in [0.25, 0.3) is 0 Å². The van der Waals surface area contributed by atoms with Gasteiger partial charge < -0.3 is 10.3 Å². The van der Waals surface area contributed by atoms with Crippen LogP contribution >= 0.6 is 11.6 Å². The lowest BCUT2D eigenvalue weighted by Crippen LogP contribution is -2.03. The molecule has 0 atom stereocenters. The second-order valence-electron chi connectivity index (χ2n) is 6.50. The van der Waals surface area contributed by atoms with Crippen LogP contribution in [0.1, 0.15) is 18.1 Å². The van der Waals surface area contributed by atoms with E-state index in [-0.39, 0.29) is 0 Å². The molecule has 0 fully saturated rings. The molecule has 0 amide bonds. The summed E-state index contributed by atoms with van der Waals surface area (Å²) in [5.74, 6) is 0.420. The van der Waals surface area contributed by atoms with E-state index in [2.05, 4.69) is 63.4 Å². The van der Waals surface area contributed by atoms with Crippen molar-refractivity contribution < 1.29 is 0 Å². The number of amidine groups is 1. The molecule has 0 aliphatic carbocycles. The third kappa shape index (κ3) is 3.57. The van der Waals surface area contributed by atoms with Crippen LogP contribution in [-0.2, 0) is 6.54 Å². The number of hydrogen-bond acceptors (Lipinski definition) is 2. The lowest BCUT2D eigenvalue weighted by molar-refractivity contribution is 0.842. The van der Waals surface area contributed by atoms with Crippen LogP contribution in [0.2, 0.25) is 5.02 Å². The number of halogens is 1. The van der Waals surface area contributed by atoms with E-state index >= 15 is 0 Å². The summed E-state index contributed by atoms with van der Waals surface area (Å²) in [6.07, 6.45) is 3.79. The minimum Gasteiger partial charge on any atom is -0.386 e. The van der Waals surface area contributed by atoms with Crippen molar-refractivity contribution in [2.24, 2.45) is 15.9 Å². The summed E-state index contributed by atoms with van der Waals surface area (Å²) in [6, 6.07) is 20.7. The van der Waals surface area contributed by atoms with E-state index in [4.69, 9.17) is 17.3 Å². The first kappa shape index (κ1) is 17.3. The van der Waals surface area contributed by atoms with E-state index in [1.807, 2.05) is 18.2 Å². The number of rotatable bonds is 4. The van der Waals surface area contributed by atoms with Crippen LogP contribution < -0.4 is 5.73 Å². The van der Waals surface area contributed by atoms with Gasteiger partial charge in [0.2, 0.25) is 0 Å². The number of fused-ring (bicyclic) bond motifs is 2. The monoisotopic (exact) mass is 374 g/mol. The molecule has 0 bridgehead atoms. The molecule has 3 aromatic carbocycles. The molecule has 0 unspecified atom stereocenters. The molecular weight excluding hydrogens is 356 g/mol. The van der Waals surface area contributed by atoms with Crippen LogP contribution in [-0.4, -0.2) is 16.6 Å². The summed E-state index contributed by atoms with van der Waals surface area (Å²) < 4.78 is 2.22. The summed E-state index contributed by atoms with van der Waals surface area (Å²) in [4.78, 5) is 0. The van der Waals surface area contributed by atoms with Crippen LogP contribution in [0.5, 0.6) is 0 Å². The number of nitrogens with zero attached hydrogens (tertiary/aromatic N) is 3. The number of hydrogen-bond donors (Lipinski definition) is 1. The molecule has 0 saturated carbocycles. The minimum atomic E-state index is 0.420. The summed E-state index contributed by atoms with van der Waals surface area (Å²) in [5.41, 5.74) is 8.88. The first-order chi connectivity index (χ1) is 13.1. The number of benzene rings is 3. The first-order valence-corrected chi connectivity index (χ1v) is 9.08. The Hall–Kier alpha value is -3.11. The van der Waals surface area contributed by atoms with Crippen LogP contribution in [0.25, 0.3) is 21.7 Å². The van der Waals surface area contributed by atoms with E-state index in [0.717, 1.165) is 23.0 Å². The molecule has 134 valence electrons. The van der Waals surface area contributed by atoms with E-state index < -0.39 is 0 Å². The van der Waals surface area contributed by atoms with Crippen molar-refractivity contribution in [3.63, 3.8) is 0 Å². The fraction of sp³-hybridized carbons (Fsp3) is 0.0909. The van der Waals surface area contributed by atoms with E-state index in [1.54, 1.807) is 13.1 Å². The highest BCUT2D eigenvalue weighted by Crippen LogP contribution is 2.27. The highest BCUT2D eigenvalue weighted by atomic mass is 35.5. The zero-order valence-corrected chi connectivity index (χ0v) is 15.7. The Kier molecular flexibility index (Phi) is 4.65. The van der Waals surface area contributed by atoms with Gasteiger partial charge in [0.05, 0.1) is 6.21 Å². The SMILES string of the molecule is CC(N)=N/N=C/c1cn(Cc2cccc3ccccc23)c2ccc(Cl)cc12. The molecule has 0 radical (unpaired) electrons. The van der Waals surface area contributed by atoms with Gasteiger partial charge in [0.1, 0.15) is 5.84 Å². The van der Waals surface area contributed by atoms with Gasteiger partial charge in [-0.1, -0.05) is 54.1 Å². The molecule has 1 aromatic heterocycles. The molecule has 27 heavy (non-hydrogen) atoms. The Balaban J connectivity index is 1.82. The van der Waals surface area contributed by atoms with Gasteiger partial charge in [-0.25, -0.2) is 0 Å². The smallest absolute Gasteiger partial charge is 0.119 e. The van der Waals surface area contributed by atoms with Crippen LogP contribution in [0.4, 0.5) is 0 Å². The van der Waals surface area contributed by atoms with Crippen molar-refractivity contribution in [1.29, 1.82) is 0 Å². The molecule has 4 nitrogen and oxygen atoms in total.